The van der Waals surface area contributed by atoms with Crippen LogP contribution in [-0.4, -0.2) is 22.4 Å². The van der Waals surface area contributed by atoms with Crippen molar-refractivity contribution in [3.63, 3.8) is 0 Å². The summed E-state index contributed by atoms with van der Waals surface area (Å²) in [6.07, 6.45) is 1.13. The third-order valence-electron chi connectivity index (χ3n) is 5.54. The van der Waals surface area contributed by atoms with Gasteiger partial charge in [0, 0.05) is 16.5 Å². The molecule has 6 nitrogen and oxygen atoms in total. The number of benzene rings is 2. The smallest absolute Gasteiger partial charge is 0.336 e. The van der Waals surface area contributed by atoms with Crippen molar-refractivity contribution in [3.8, 4) is 0 Å². The minimum atomic E-state index is -1.00. The van der Waals surface area contributed by atoms with Crippen LogP contribution in [0.15, 0.2) is 57.7 Å². The van der Waals surface area contributed by atoms with Gasteiger partial charge in [0.1, 0.15) is 11.1 Å². The van der Waals surface area contributed by atoms with E-state index in [4.69, 9.17) is 16.0 Å². The summed E-state index contributed by atoms with van der Waals surface area (Å²) in [5, 5.41) is 3.93. The van der Waals surface area contributed by atoms with E-state index in [9.17, 15) is 14.4 Å². The summed E-state index contributed by atoms with van der Waals surface area (Å²) in [5.41, 5.74) is 1.20. The van der Waals surface area contributed by atoms with Gasteiger partial charge in [-0.3, -0.25) is 9.69 Å². The third kappa shape index (κ3) is 3.71. The summed E-state index contributed by atoms with van der Waals surface area (Å²) < 4.78 is 5.27. The molecule has 0 radical (unpaired) electrons. The van der Waals surface area contributed by atoms with Crippen LogP contribution in [0, 0.1) is 6.92 Å². The number of carbonyl (C=O) groups is 2. The number of halogens is 1. The Kier molecular flexibility index (Phi) is 5.12. The molecule has 3 aromatic rings. The number of rotatable bonds is 5. The fourth-order valence-electron chi connectivity index (χ4n) is 3.75. The van der Waals surface area contributed by atoms with Crippen LogP contribution in [0.25, 0.3) is 11.0 Å². The molecule has 3 amide bonds. The standard InChI is InChI=1S/C23H21ClN2O4/c1-14-10-19-17(12-18(14)24)16(11-20(27)30-19)13-26-21(28)23(2,25-22(26)29)9-8-15-6-4-3-5-7-15/h3-7,10-12H,8-9,13H2,1-2H3,(H,25,29)/t23-/m1/s1. The Morgan fingerprint density at radius 3 is 2.57 bits per heavy atom. The molecule has 1 aliphatic rings. The number of imide groups is 1. The van der Waals surface area contributed by atoms with E-state index >= 15 is 0 Å². The lowest BCUT2D eigenvalue weighted by Crippen LogP contribution is -2.44. The minimum Gasteiger partial charge on any atom is -0.423 e. The Balaban J connectivity index is 1.61. The topological polar surface area (TPSA) is 79.6 Å². The maximum Gasteiger partial charge on any atom is 0.336 e. The monoisotopic (exact) mass is 424 g/mol. The van der Waals surface area contributed by atoms with Gasteiger partial charge in [-0.15, -0.1) is 0 Å². The van der Waals surface area contributed by atoms with Crippen molar-refractivity contribution in [2.45, 2.75) is 38.8 Å². The molecule has 2 heterocycles. The maximum atomic E-state index is 13.1. The van der Waals surface area contributed by atoms with E-state index in [-0.39, 0.29) is 12.5 Å². The zero-order valence-electron chi connectivity index (χ0n) is 16.7. The minimum absolute atomic E-state index is 0.0346. The second kappa shape index (κ2) is 7.61. The average molecular weight is 425 g/mol. The molecule has 1 fully saturated rings. The molecular formula is C23H21ClN2O4. The molecule has 0 bridgehead atoms. The zero-order valence-corrected chi connectivity index (χ0v) is 17.5. The van der Waals surface area contributed by atoms with Gasteiger partial charge in [0.05, 0.1) is 6.54 Å². The number of carbonyl (C=O) groups excluding carboxylic acids is 2. The van der Waals surface area contributed by atoms with E-state index in [1.807, 2.05) is 37.3 Å². The SMILES string of the molecule is Cc1cc2oc(=O)cc(CN3C(=O)N[C@](C)(CCc4ccccc4)C3=O)c2cc1Cl. The second-order valence-corrected chi connectivity index (χ2v) is 8.23. The molecule has 30 heavy (non-hydrogen) atoms. The van der Waals surface area contributed by atoms with Gasteiger partial charge in [-0.05, 0) is 55.5 Å². The predicted molar refractivity (Wildman–Crippen MR) is 114 cm³/mol. The zero-order chi connectivity index (χ0) is 21.5. The molecule has 2 aromatic carbocycles. The number of hydrogen-bond donors (Lipinski definition) is 1. The fraction of sp³-hybridized carbons (Fsp3) is 0.261. The van der Waals surface area contributed by atoms with Gasteiger partial charge in [-0.25, -0.2) is 9.59 Å². The normalized spacial score (nSPS) is 18.8. The van der Waals surface area contributed by atoms with Crippen LogP contribution < -0.4 is 10.9 Å². The van der Waals surface area contributed by atoms with Gasteiger partial charge in [0.2, 0.25) is 0 Å². The second-order valence-electron chi connectivity index (χ2n) is 7.83. The van der Waals surface area contributed by atoms with Crippen molar-refractivity contribution >= 4 is 34.5 Å². The molecule has 1 atom stereocenters. The number of aryl methyl sites for hydroxylation is 2. The largest absolute Gasteiger partial charge is 0.423 e. The number of amides is 3. The average Bonchev–Trinajstić information content (AvgIpc) is 2.92. The van der Waals surface area contributed by atoms with Crippen LogP contribution in [0.4, 0.5) is 4.79 Å². The molecule has 1 N–H and O–H groups in total. The van der Waals surface area contributed by atoms with Crippen LogP contribution in [0.5, 0.6) is 0 Å². The highest BCUT2D eigenvalue weighted by molar-refractivity contribution is 6.32. The van der Waals surface area contributed by atoms with E-state index < -0.39 is 17.2 Å². The molecule has 1 aliphatic heterocycles. The Hall–Kier alpha value is -3.12. The Morgan fingerprint density at radius 2 is 1.83 bits per heavy atom. The van der Waals surface area contributed by atoms with Gasteiger partial charge < -0.3 is 9.73 Å². The summed E-state index contributed by atoms with van der Waals surface area (Å²) in [4.78, 5) is 38.9. The highest BCUT2D eigenvalue weighted by Crippen LogP contribution is 2.29. The quantitative estimate of drug-likeness (QED) is 0.491. The highest BCUT2D eigenvalue weighted by Gasteiger charge is 2.47. The molecular weight excluding hydrogens is 404 g/mol. The maximum absolute atomic E-state index is 13.1. The van der Waals surface area contributed by atoms with Crippen LogP contribution in [0.1, 0.15) is 30.0 Å². The summed E-state index contributed by atoms with van der Waals surface area (Å²) in [5.74, 6) is -0.317. The van der Waals surface area contributed by atoms with E-state index in [0.717, 1.165) is 16.0 Å². The van der Waals surface area contributed by atoms with Crippen molar-refractivity contribution in [2.75, 3.05) is 0 Å². The lowest BCUT2D eigenvalue weighted by Gasteiger charge is -2.22. The van der Waals surface area contributed by atoms with Crippen LogP contribution in [0.3, 0.4) is 0 Å². The van der Waals surface area contributed by atoms with Crippen molar-refractivity contribution in [1.29, 1.82) is 0 Å². The van der Waals surface area contributed by atoms with Crippen molar-refractivity contribution < 1.29 is 14.0 Å². The summed E-state index contributed by atoms with van der Waals surface area (Å²) in [6.45, 7) is 3.50. The van der Waals surface area contributed by atoms with Crippen molar-refractivity contribution in [3.05, 3.63) is 80.7 Å². The van der Waals surface area contributed by atoms with E-state index in [1.165, 1.54) is 6.07 Å². The van der Waals surface area contributed by atoms with Gasteiger partial charge >= 0.3 is 11.7 Å². The number of hydrogen-bond acceptors (Lipinski definition) is 4. The molecule has 7 heteroatoms. The number of nitrogens with zero attached hydrogens (tertiary/aromatic N) is 1. The van der Waals surface area contributed by atoms with Crippen molar-refractivity contribution in [2.24, 2.45) is 0 Å². The van der Waals surface area contributed by atoms with Crippen molar-refractivity contribution in [1.82, 2.24) is 10.2 Å². The first-order valence-corrected chi connectivity index (χ1v) is 10.1. The number of nitrogens with one attached hydrogen (secondary N) is 1. The lowest BCUT2D eigenvalue weighted by atomic mass is 9.93. The molecule has 4 rings (SSSR count). The first-order chi connectivity index (χ1) is 14.3. The van der Waals surface area contributed by atoms with Gasteiger partial charge in [0.15, 0.2) is 0 Å². The Morgan fingerprint density at radius 1 is 1.10 bits per heavy atom. The lowest BCUT2D eigenvalue weighted by molar-refractivity contribution is -0.131. The molecule has 0 aliphatic carbocycles. The van der Waals surface area contributed by atoms with E-state index in [2.05, 4.69) is 5.32 Å². The summed E-state index contributed by atoms with van der Waals surface area (Å²) in [7, 11) is 0. The van der Waals surface area contributed by atoms with Crippen LogP contribution >= 0.6 is 11.6 Å². The highest BCUT2D eigenvalue weighted by atomic mass is 35.5. The van der Waals surface area contributed by atoms with Crippen LogP contribution in [0.2, 0.25) is 5.02 Å². The molecule has 1 saturated heterocycles. The van der Waals surface area contributed by atoms with E-state index in [1.54, 1.807) is 19.1 Å². The Bertz CT molecular complexity index is 1210. The van der Waals surface area contributed by atoms with Gasteiger partial charge in [0.25, 0.3) is 5.91 Å². The summed E-state index contributed by atoms with van der Waals surface area (Å²) in [6, 6.07) is 14.0. The number of fused-ring (bicyclic) bond motifs is 1. The van der Waals surface area contributed by atoms with E-state index in [0.29, 0.717) is 34.4 Å². The molecule has 154 valence electrons. The Labute approximate surface area is 178 Å². The first kappa shape index (κ1) is 20.2. The first-order valence-electron chi connectivity index (χ1n) is 9.68. The summed E-state index contributed by atoms with van der Waals surface area (Å²) >= 11 is 6.24. The molecule has 0 saturated carbocycles. The predicted octanol–water partition coefficient (Wildman–Crippen LogP) is 4.20. The van der Waals surface area contributed by atoms with Gasteiger partial charge in [-0.1, -0.05) is 41.9 Å². The number of urea groups is 1. The third-order valence-corrected chi connectivity index (χ3v) is 5.95. The molecule has 0 unspecified atom stereocenters. The fourth-order valence-corrected chi connectivity index (χ4v) is 3.91. The van der Waals surface area contributed by atoms with Gasteiger partial charge in [-0.2, -0.15) is 0 Å². The molecule has 0 spiro atoms. The molecule has 1 aromatic heterocycles. The van der Waals surface area contributed by atoms with Crippen LogP contribution in [-0.2, 0) is 17.8 Å².